The third-order valence-corrected chi connectivity index (χ3v) is 28.5. The van der Waals surface area contributed by atoms with Crippen molar-refractivity contribution in [1.29, 1.82) is 0 Å². The molecule has 0 amide bonds. The molecule has 16 heteroatoms. The maximum absolute atomic E-state index is 9.66. The van der Waals surface area contributed by atoms with Gasteiger partial charge < -0.3 is 50.4 Å². The van der Waals surface area contributed by atoms with Gasteiger partial charge in [-0.3, -0.25) is 0 Å². The van der Waals surface area contributed by atoms with Crippen LogP contribution in [0.25, 0.3) is 0 Å². The molecule has 0 saturated heterocycles. The van der Waals surface area contributed by atoms with Crippen LogP contribution in [0.4, 0.5) is 0 Å². The summed E-state index contributed by atoms with van der Waals surface area (Å²) < 4.78 is 56.8. The maximum atomic E-state index is 9.66. The summed E-state index contributed by atoms with van der Waals surface area (Å²) in [5.74, 6) is 0. The van der Waals surface area contributed by atoms with Crippen molar-refractivity contribution >= 4 is 42.3 Å². The second-order valence-electron chi connectivity index (χ2n) is 20.2. The van der Waals surface area contributed by atoms with Crippen LogP contribution in [0.1, 0.15) is 142 Å². The smallest absolute Gasteiger partial charge is 0.317 e. The zero-order valence-corrected chi connectivity index (χ0v) is 47.7. The number of rotatable bonds is 48. The Hall–Kier alpha value is 0.644. The van der Waals surface area contributed by atoms with Crippen molar-refractivity contribution in [3.05, 3.63) is 0 Å². The molecule has 62 heavy (non-hydrogen) atoms. The Morgan fingerprint density at radius 3 is 1.05 bits per heavy atom. The normalized spacial score (nSPS) is 15.2. The SMILES string of the molecule is CCCCCCCCCCCCCCCCCCOCCCOCCCOCCCOCCC[Si](C)(O[Si](C)(C)O[Si](C)(C)C)O[Si](C)(CCCOCC(O)CO)O[Si](C)(C)C. The fourth-order valence-electron chi connectivity index (χ4n) is 7.84. The fraction of sp³-hybridized carbons (Fsp3) is 1.00. The van der Waals surface area contributed by atoms with Crippen LogP contribution >= 0.6 is 0 Å². The highest BCUT2D eigenvalue weighted by Gasteiger charge is 2.48. The molecule has 0 fully saturated rings. The van der Waals surface area contributed by atoms with Gasteiger partial charge >= 0.3 is 25.7 Å². The van der Waals surface area contributed by atoms with Gasteiger partial charge in [0, 0.05) is 59.5 Å². The minimum atomic E-state index is -2.76. The van der Waals surface area contributed by atoms with Crippen molar-refractivity contribution in [2.45, 2.75) is 225 Å². The zero-order chi connectivity index (χ0) is 46.5. The van der Waals surface area contributed by atoms with Crippen molar-refractivity contribution in [2.75, 3.05) is 72.7 Å². The Bertz CT molecular complexity index is 992. The molecule has 0 aliphatic rings. The van der Waals surface area contributed by atoms with E-state index < -0.39 is 48.4 Å². The third-order valence-electron chi connectivity index (χ3n) is 10.2. The lowest BCUT2D eigenvalue weighted by Gasteiger charge is -2.44. The van der Waals surface area contributed by atoms with Gasteiger partial charge in [0.05, 0.1) is 13.2 Å². The first kappa shape index (κ1) is 62.6. The van der Waals surface area contributed by atoms with Gasteiger partial charge in [0.15, 0.2) is 16.6 Å². The summed E-state index contributed by atoms with van der Waals surface area (Å²) in [6, 6.07) is 1.55. The lowest BCUT2D eigenvalue weighted by atomic mass is 10.0. The van der Waals surface area contributed by atoms with E-state index in [-0.39, 0.29) is 13.2 Å². The topological polar surface area (TPSA) is 124 Å². The minimum Gasteiger partial charge on any atom is -0.437 e. The van der Waals surface area contributed by atoms with E-state index in [2.05, 4.69) is 72.4 Å². The number of ether oxygens (including phenoxy) is 5. The number of aliphatic hydroxyl groups is 2. The maximum Gasteiger partial charge on any atom is 0.317 e. The highest BCUT2D eigenvalue weighted by Crippen LogP contribution is 2.32. The van der Waals surface area contributed by atoms with Crippen molar-refractivity contribution in [3.63, 3.8) is 0 Å². The molecule has 0 spiro atoms. The van der Waals surface area contributed by atoms with Crippen molar-refractivity contribution < 1.29 is 50.4 Å². The zero-order valence-electron chi connectivity index (χ0n) is 42.7. The van der Waals surface area contributed by atoms with E-state index in [9.17, 15) is 5.11 Å². The van der Waals surface area contributed by atoms with E-state index in [0.717, 1.165) is 70.6 Å². The van der Waals surface area contributed by atoms with Gasteiger partial charge in [0.1, 0.15) is 6.10 Å². The molecule has 374 valence electrons. The van der Waals surface area contributed by atoms with Crippen LogP contribution in [0, 0.1) is 0 Å². The summed E-state index contributed by atoms with van der Waals surface area (Å²) in [5.41, 5.74) is 0. The Morgan fingerprint density at radius 1 is 0.355 bits per heavy atom. The average Bonchev–Trinajstić information content (AvgIpc) is 3.16. The van der Waals surface area contributed by atoms with Crippen LogP contribution in [0.3, 0.4) is 0 Å². The van der Waals surface area contributed by atoms with Crippen LogP contribution in [0.15, 0.2) is 0 Å². The van der Waals surface area contributed by atoms with Gasteiger partial charge in [-0.1, -0.05) is 103 Å². The molecule has 3 unspecified atom stereocenters. The van der Waals surface area contributed by atoms with Gasteiger partial charge in [-0.15, -0.1) is 0 Å². The van der Waals surface area contributed by atoms with E-state index in [0.29, 0.717) is 33.0 Å². The molecule has 0 saturated carbocycles. The van der Waals surface area contributed by atoms with Crippen LogP contribution in [-0.4, -0.2) is 131 Å². The number of aliphatic hydroxyl groups excluding tert-OH is 2. The summed E-state index contributed by atoms with van der Waals surface area (Å²) in [6.07, 6.45) is 25.7. The molecular formula is C46H104O11Si5. The van der Waals surface area contributed by atoms with Crippen LogP contribution in [0.5, 0.6) is 0 Å². The second-order valence-corrected chi connectivity index (χ2v) is 40.3. The fourth-order valence-corrected chi connectivity index (χ4v) is 31.6. The molecule has 0 radical (unpaired) electrons. The van der Waals surface area contributed by atoms with Gasteiger partial charge in [-0.25, -0.2) is 0 Å². The molecule has 0 rings (SSSR count). The van der Waals surface area contributed by atoms with E-state index in [1.54, 1.807) is 0 Å². The predicted molar refractivity (Wildman–Crippen MR) is 271 cm³/mol. The third kappa shape index (κ3) is 43.2. The molecule has 0 aliphatic heterocycles. The first-order valence-electron chi connectivity index (χ1n) is 25.3. The second kappa shape index (κ2) is 38.6. The molecule has 11 nitrogen and oxygen atoms in total. The predicted octanol–water partition coefficient (Wildman–Crippen LogP) is 12.2. The van der Waals surface area contributed by atoms with E-state index >= 15 is 0 Å². The van der Waals surface area contributed by atoms with Gasteiger partial charge in [-0.05, 0) is 116 Å². The molecule has 0 heterocycles. The van der Waals surface area contributed by atoms with Gasteiger partial charge in [0.2, 0.25) is 0 Å². The summed E-state index contributed by atoms with van der Waals surface area (Å²) >= 11 is 0. The van der Waals surface area contributed by atoms with Crippen LogP contribution in [0.2, 0.25) is 77.6 Å². The van der Waals surface area contributed by atoms with Gasteiger partial charge in [-0.2, -0.15) is 0 Å². The molecule has 2 N–H and O–H groups in total. The highest BCUT2D eigenvalue weighted by atomic mass is 28.5. The lowest BCUT2D eigenvalue weighted by Crippen LogP contribution is -2.60. The summed E-state index contributed by atoms with van der Waals surface area (Å²) in [6.45, 7) is 30.2. The Morgan fingerprint density at radius 2 is 0.677 bits per heavy atom. The minimum absolute atomic E-state index is 0.116. The quantitative estimate of drug-likeness (QED) is 0.0447. The Kier molecular flexibility index (Phi) is 39.0. The molecule has 0 bridgehead atoms. The van der Waals surface area contributed by atoms with E-state index in [4.69, 9.17) is 45.3 Å². The highest BCUT2D eigenvalue weighted by molar-refractivity contribution is 6.90. The number of hydrogen-bond acceptors (Lipinski definition) is 11. The molecule has 0 aromatic carbocycles. The molecule has 0 aliphatic carbocycles. The van der Waals surface area contributed by atoms with Crippen molar-refractivity contribution in [2.24, 2.45) is 0 Å². The summed E-state index contributed by atoms with van der Waals surface area (Å²) in [4.78, 5) is 0. The summed E-state index contributed by atoms with van der Waals surface area (Å²) in [7, 11) is -11.7. The monoisotopic (exact) mass is 973 g/mol. The standard InChI is InChI=1S/C46H104O11Si5/c1-12-13-14-15-16-17-18-19-20-21-22-23-24-25-26-27-33-49-34-28-35-50-36-29-37-51-38-30-39-52-40-31-43-62(11,56-60(8,9)54-58(2,3)4)57-61(10,55-59(5,6)7)42-32-41-53-45-46(48)44-47/h46-48H,12-45H2,1-11H3. The molecule has 3 atom stereocenters. The Balaban J connectivity index is 4.15. The summed E-state index contributed by atoms with van der Waals surface area (Å²) in [5, 5.41) is 18.8. The van der Waals surface area contributed by atoms with Crippen molar-refractivity contribution in [3.8, 4) is 0 Å². The number of hydrogen-bond donors (Lipinski definition) is 2. The Labute approximate surface area is 389 Å². The first-order chi connectivity index (χ1) is 29.3. The van der Waals surface area contributed by atoms with Crippen LogP contribution in [-0.2, 0) is 40.1 Å². The van der Waals surface area contributed by atoms with Crippen molar-refractivity contribution in [1.82, 2.24) is 0 Å². The first-order valence-corrected chi connectivity index (χ1v) is 40.0. The number of unbranched alkanes of at least 4 members (excludes halogenated alkanes) is 15. The average molecular weight is 974 g/mol. The van der Waals surface area contributed by atoms with E-state index in [1.807, 2.05) is 0 Å². The van der Waals surface area contributed by atoms with E-state index in [1.165, 1.54) is 103 Å². The largest absolute Gasteiger partial charge is 0.437 e. The molecular weight excluding hydrogens is 869 g/mol. The van der Waals surface area contributed by atoms with Crippen LogP contribution < -0.4 is 0 Å². The lowest BCUT2D eigenvalue weighted by molar-refractivity contribution is 0.00623. The molecule has 0 aromatic rings. The molecule has 0 aromatic heterocycles. The van der Waals surface area contributed by atoms with Gasteiger partial charge in [0.25, 0.3) is 0 Å².